The maximum Gasteiger partial charge on any atom is 0.338 e. The highest BCUT2D eigenvalue weighted by atomic mass is 16.5. The van der Waals surface area contributed by atoms with Crippen LogP contribution in [0.4, 0.5) is 5.69 Å². The van der Waals surface area contributed by atoms with Crippen molar-refractivity contribution in [1.29, 1.82) is 0 Å². The van der Waals surface area contributed by atoms with Gasteiger partial charge in [-0.3, -0.25) is 9.59 Å². The van der Waals surface area contributed by atoms with E-state index < -0.39 is 11.5 Å². The number of piperidine rings is 1. The van der Waals surface area contributed by atoms with Crippen LogP contribution in [0.5, 0.6) is 5.75 Å². The number of nitrogens with two attached hydrogens (primary N) is 1. The molecule has 4 rings (SSSR count). The van der Waals surface area contributed by atoms with Gasteiger partial charge in [0.25, 0.3) is 11.5 Å². The maximum atomic E-state index is 12.9. The summed E-state index contributed by atoms with van der Waals surface area (Å²) in [6.45, 7) is 3.33. The number of anilines is 1. The first-order valence-electron chi connectivity index (χ1n) is 11.0. The quantitative estimate of drug-likeness (QED) is 0.581. The minimum Gasteiger partial charge on any atom is -0.490 e. The Balaban J connectivity index is 1.52. The molecule has 0 radical (unpaired) electrons. The molecule has 33 heavy (non-hydrogen) atoms. The van der Waals surface area contributed by atoms with E-state index in [-0.39, 0.29) is 17.6 Å². The Hall–Kier alpha value is -3.81. The molecule has 1 aliphatic heterocycles. The molecule has 2 heterocycles. The minimum absolute atomic E-state index is 0.0186. The lowest BCUT2D eigenvalue weighted by molar-refractivity contribution is 0.0526. The van der Waals surface area contributed by atoms with E-state index in [0.29, 0.717) is 49.5 Å². The summed E-state index contributed by atoms with van der Waals surface area (Å²) in [5, 5.41) is 0.822. The number of amides is 1. The summed E-state index contributed by atoms with van der Waals surface area (Å²) >= 11 is 0. The third-order valence-electron chi connectivity index (χ3n) is 5.95. The molecule has 3 aromatic rings. The molecule has 1 fully saturated rings. The van der Waals surface area contributed by atoms with Crippen LogP contribution in [0, 0.1) is 0 Å². The molecule has 1 amide bonds. The number of para-hydroxylation sites is 1. The Morgan fingerprint density at radius 1 is 1.06 bits per heavy atom. The van der Waals surface area contributed by atoms with Crippen LogP contribution in [-0.2, 0) is 11.8 Å². The average molecular weight is 450 g/mol. The van der Waals surface area contributed by atoms with Crippen LogP contribution in [0.15, 0.2) is 53.3 Å². The predicted molar refractivity (Wildman–Crippen MR) is 126 cm³/mol. The van der Waals surface area contributed by atoms with Crippen molar-refractivity contribution in [3.63, 3.8) is 0 Å². The SMILES string of the molecule is CCOC(=O)c1ccc(OC2CCN(c3c(C(N)=O)c(=O)n(C)c4ccccc34)CC2)cc1. The summed E-state index contributed by atoms with van der Waals surface area (Å²) in [5.74, 6) is -0.404. The van der Waals surface area contributed by atoms with Crippen LogP contribution in [0.25, 0.3) is 10.9 Å². The number of aryl methyl sites for hydroxylation is 1. The summed E-state index contributed by atoms with van der Waals surface area (Å²) in [4.78, 5) is 39.0. The zero-order chi connectivity index (χ0) is 23.5. The monoisotopic (exact) mass is 449 g/mol. The molecule has 0 aliphatic carbocycles. The minimum atomic E-state index is -0.726. The number of benzene rings is 2. The molecule has 2 N–H and O–H groups in total. The third kappa shape index (κ3) is 4.41. The number of carbonyl (C=O) groups excluding carboxylic acids is 2. The molecule has 172 valence electrons. The lowest BCUT2D eigenvalue weighted by atomic mass is 10.0. The number of hydrogen-bond donors (Lipinski definition) is 1. The molecular formula is C25H27N3O5. The van der Waals surface area contributed by atoms with Crippen LogP contribution in [0.3, 0.4) is 0 Å². The first-order chi connectivity index (χ1) is 15.9. The number of pyridine rings is 1. The molecular weight excluding hydrogens is 422 g/mol. The van der Waals surface area contributed by atoms with Gasteiger partial charge in [-0.1, -0.05) is 18.2 Å². The lowest BCUT2D eigenvalue weighted by Crippen LogP contribution is -2.41. The second-order valence-corrected chi connectivity index (χ2v) is 8.02. The second kappa shape index (κ2) is 9.36. The zero-order valence-electron chi connectivity index (χ0n) is 18.7. The fourth-order valence-corrected chi connectivity index (χ4v) is 4.30. The van der Waals surface area contributed by atoms with Gasteiger partial charge in [-0.2, -0.15) is 0 Å². The standard InChI is InChI=1S/C25H27N3O5/c1-3-32-25(31)16-8-10-17(11-9-16)33-18-12-14-28(15-13-18)22-19-6-4-5-7-20(19)27(2)24(30)21(22)23(26)29/h4-11,18H,3,12-15H2,1-2H3,(H2,26,29). The first-order valence-corrected chi connectivity index (χ1v) is 11.0. The Bertz CT molecular complexity index is 1240. The van der Waals surface area contributed by atoms with Crippen LogP contribution >= 0.6 is 0 Å². The van der Waals surface area contributed by atoms with Crippen LogP contribution in [-0.4, -0.2) is 42.2 Å². The highest BCUT2D eigenvalue weighted by molar-refractivity contribution is 6.06. The fourth-order valence-electron chi connectivity index (χ4n) is 4.30. The summed E-state index contributed by atoms with van der Waals surface area (Å²) < 4.78 is 12.6. The lowest BCUT2D eigenvalue weighted by Gasteiger charge is -2.35. The van der Waals surface area contributed by atoms with Crippen molar-refractivity contribution >= 4 is 28.5 Å². The van der Waals surface area contributed by atoms with Gasteiger partial charge in [-0.25, -0.2) is 4.79 Å². The number of carbonyl (C=O) groups is 2. The third-order valence-corrected chi connectivity index (χ3v) is 5.95. The second-order valence-electron chi connectivity index (χ2n) is 8.02. The number of aromatic nitrogens is 1. The van der Waals surface area contributed by atoms with Crippen molar-refractivity contribution in [2.45, 2.75) is 25.9 Å². The number of primary amides is 1. The Kier molecular flexibility index (Phi) is 6.35. The zero-order valence-corrected chi connectivity index (χ0v) is 18.7. The van der Waals surface area contributed by atoms with E-state index in [1.165, 1.54) is 4.57 Å². The molecule has 1 aliphatic rings. The topological polar surface area (TPSA) is 104 Å². The van der Waals surface area contributed by atoms with Gasteiger partial charge in [-0.15, -0.1) is 0 Å². The van der Waals surface area contributed by atoms with E-state index >= 15 is 0 Å². The van der Waals surface area contributed by atoms with E-state index in [1.54, 1.807) is 38.2 Å². The molecule has 2 aromatic carbocycles. The summed E-state index contributed by atoms with van der Waals surface area (Å²) in [7, 11) is 1.65. The summed E-state index contributed by atoms with van der Waals surface area (Å²) in [6.07, 6.45) is 1.40. The summed E-state index contributed by atoms with van der Waals surface area (Å²) in [5.41, 5.74) is 7.08. The number of rotatable bonds is 6. The van der Waals surface area contributed by atoms with E-state index in [1.807, 2.05) is 29.2 Å². The van der Waals surface area contributed by atoms with Gasteiger partial charge in [0.05, 0.1) is 23.4 Å². The summed E-state index contributed by atoms with van der Waals surface area (Å²) in [6, 6.07) is 14.4. The molecule has 0 spiro atoms. The van der Waals surface area contributed by atoms with E-state index in [2.05, 4.69) is 0 Å². The number of fused-ring (bicyclic) bond motifs is 1. The first kappa shape index (κ1) is 22.4. The van der Waals surface area contributed by atoms with Gasteiger partial charge in [0.15, 0.2) is 0 Å². The van der Waals surface area contributed by atoms with Crippen LogP contribution < -0.4 is 20.9 Å². The van der Waals surface area contributed by atoms with Crippen molar-refractivity contribution in [1.82, 2.24) is 4.57 Å². The Morgan fingerprint density at radius 2 is 1.73 bits per heavy atom. The smallest absolute Gasteiger partial charge is 0.338 e. The van der Waals surface area contributed by atoms with Gasteiger partial charge in [0, 0.05) is 38.4 Å². The number of ether oxygens (including phenoxy) is 2. The Labute approximate surface area is 191 Å². The van der Waals surface area contributed by atoms with Gasteiger partial charge in [0.2, 0.25) is 0 Å². The molecule has 0 unspecified atom stereocenters. The number of nitrogens with zero attached hydrogens (tertiary/aromatic N) is 2. The van der Waals surface area contributed by atoms with E-state index in [0.717, 1.165) is 10.9 Å². The molecule has 1 aromatic heterocycles. The molecule has 1 saturated heterocycles. The Morgan fingerprint density at radius 3 is 2.36 bits per heavy atom. The maximum absolute atomic E-state index is 12.9. The van der Waals surface area contributed by atoms with Crippen molar-refractivity contribution in [2.75, 3.05) is 24.6 Å². The van der Waals surface area contributed by atoms with Crippen molar-refractivity contribution < 1.29 is 19.1 Å². The normalized spacial score (nSPS) is 14.3. The van der Waals surface area contributed by atoms with Crippen molar-refractivity contribution in [2.24, 2.45) is 12.8 Å². The van der Waals surface area contributed by atoms with Gasteiger partial charge >= 0.3 is 5.97 Å². The van der Waals surface area contributed by atoms with E-state index in [9.17, 15) is 14.4 Å². The highest BCUT2D eigenvalue weighted by Crippen LogP contribution is 2.31. The molecule has 0 atom stereocenters. The molecule has 8 heteroatoms. The highest BCUT2D eigenvalue weighted by Gasteiger charge is 2.28. The average Bonchev–Trinajstić information content (AvgIpc) is 2.82. The van der Waals surface area contributed by atoms with Gasteiger partial charge in [-0.05, 0) is 37.3 Å². The van der Waals surface area contributed by atoms with E-state index in [4.69, 9.17) is 15.2 Å². The molecule has 8 nitrogen and oxygen atoms in total. The van der Waals surface area contributed by atoms with Gasteiger partial charge in [0.1, 0.15) is 17.4 Å². The van der Waals surface area contributed by atoms with Crippen molar-refractivity contribution in [3.8, 4) is 5.75 Å². The van der Waals surface area contributed by atoms with Gasteiger partial charge < -0.3 is 24.7 Å². The molecule has 0 bridgehead atoms. The van der Waals surface area contributed by atoms with Crippen LogP contribution in [0.2, 0.25) is 0 Å². The predicted octanol–water partition coefficient (Wildman–Crippen LogP) is 2.86. The largest absolute Gasteiger partial charge is 0.490 e. The fraction of sp³-hybridized carbons (Fsp3) is 0.320. The van der Waals surface area contributed by atoms with Crippen molar-refractivity contribution in [3.05, 3.63) is 70.0 Å². The van der Waals surface area contributed by atoms with Crippen LogP contribution in [0.1, 0.15) is 40.5 Å². The molecule has 0 saturated carbocycles. The number of esters is 1. The number of hydrogen-bond acceptors (Lipinski definition) is 6.